The summed E-state index contributed by atoms with van der Waals surface area (Å²) in [5, 5.41) is 2.17. The molecule has 8 nitrogen and oxygen atoms in total. The Morgan fingerprint density at radius 3 is 2.35 bits per heavy atom. The van der Waals surface area contributed by atoms with Crippen LogP contribution in [0.4, 0.5) is 0 Å². The SMILES string of the molecule is CCCCOc1ccc(C(=O)NC(C(N)=O)C(N)=O)cc1OC. The molecular formula is C15H21N3O5. The predicted octanol–water partition coefficient (Wildman–Crippen LogP) is -0.0569. The number of amides is 3. The molecule has 1 aromatic rings. The number of carbonyl (C=O) groups excluding carboxylic acids is 3. The number of carbonyl (C=O) groups is 3. The largest absolute Gasteiger partial charge is 0.493 e. The van der Waals surface area contributed by atoms with Gasteiger partial charge in [0.2, 0.25) is 11.8 Å². The van der Waals surface area contributed by atoms with Crippen LogP contribution >= 0.6 is 0 Å². The van der Waals surface area contributed by atoms with Crippen LogP contribution in [-0.4, -0.2) is 37.5 Å². The van der Waals surface area contributed by atoms with E-state index < -0.39 is 23.8 Å². The first-order valence-electron chi connectivity index (χ1n) is 7.11. The molecule has 0 saturated heterocycles. The van der Waals surface area contributed by atoms with E-state index in [1.54, 1.807) is 6.07 Å². The highest BCUT2D eigenvalue weighted by atomic mass is 16.5. The van der Waals surface area contributed by atoms with Crippen LogP contribution in [0.2, 0.25) is 0 Å². The molecule has 0 atom stereocenters. The lowest BCUT2D eigenvalue weighted by molar-refractivity contribution is -0.128. The number of methoxy groups -OCH3 is 1. The van der Waals surface area contributed by atoms with Crippen LogP contribution in [0, 0.1) is 0 Å². The van der Waals surface area contributed by atoms with E-state index in [1.165, 1.54) is 19.2 Å². The zero-order valence-corrected chi connectivity index (χ0v) is 13.1. The van der Waals surface area contributed by atoms with Crippen LogP contribution in [0.25, 0.3) is 0 Å². The van der Waals surface area contributed by atoms with Crippen molar-refractivity contribution in [2.45, 2.75) is 25.8 Å². The Bertz CT molecular complexity index is 574. The van der Waals surface area contributed by atoms with Crippen LogP contribution in [0.3, 0.4) is 0 Å². The Morgan fingerprint density at radius 1 is 1.17 bits per heavy atom. The second-order valence-electron chi connectivity index (χ2n) is 4.78. The molecule has 0 spiro atoms. The van der Waals surface area contributed by atoms with Crippen LogP contribution in [0.5, 0.6) is 11.5 Å². The van der Waals surface area contributed by atoms with Crippen LogP contribution in [-0.2, 0) is 9.59 Å². The Morgan fingerprint density at radius 2 is 1.83 bits per heavy atom. The van der Waals surface area contributed by atoms with Gasteiger partial charge in [-0.3, -0.25) is 14.4 Å². The molecule has 23 heavy (non-hydrogen) atoms. The second-order valence-corrected chi connectivity index (χ2v) is 4.78. The maximum atomic E-state index is 12.1. The number of hydrogen-bond acceptors (Lipinski definition) is 5. The number of ether oxygens (including phenoxy) is 2. The third-order valence-corrected chi connectivity index (χ3v) is 3.03. The third-order valence-electron chi connectivity index (χ3n) is 3.03. The van der Waals surface area contributed by atoms with E-state index in [0.717, 1.165) is 12.8 Å². The number of rotatable bonds is 9. The standard InChI is InChI=1S/C15H21N3O5/c1-3-4-7-23-10-6-5-9(8-11(10)22-2)15(21)18-12(13(16)19)14(17)20/h5-6,8,12H,3-4,7H2,1-2H3,(H2,16,19)(H2,17,20)(H,18,21). The zero-order valence-electron chi connectivity index (χ0n) is 13.1. The van der Waals surface area contributed by atoms with Crippen molar-refractivity contribution in [3.8, 4) is 11.5 Å². The quantitative estimate of drug-likeness (QED) is 0.432. The zero-order chi connectivity index (χ0) is 17.4. The van der Waals surface area contributed by atoms with Gasteiger partial charge in [-0.05, 0) is 24.6 Å². The van der Waals surface area contributed by atoms with Gasteiger partial charge in [0.1, 0.15) is 0 Å². The van der Waals surface area contributed by atoms with Gasteiger partial charge in [-0.1, -0.05) is 13.3 Å². The first kappa shape index (κ1) is 18.3. The number of nitrogens with one attached hydrogen (secondary N) is 1. The van der Waals surface area contributed by atoms with Gasteiger partial charge < -0.3 is 26.3 Å². The molecule has 0 radical (unpaired) electrons. The van der Waals surface area contributed by atoms with Crippen molar-refractivity contribution in [3.05, 3.63) is 23.8 Å². The molecule has 126 valence electrons. The molecular weight excluding hydrogens is 302 g/mol. The van der Waals surface area contributed by atoms with Crippen molar-refractivity contribution in [2.75, 3.05) is 13.7 Å². The van der Waals surface area contributed by atoms with Gasteiger partial charge in [-0.2, -0.15) is 0 Å². The fraction of sp³-hybridized carbons (Fsp3) is 0.400. The first-order chi connectivity index (χ1) is 10.9. The third kappa shape index (κ3) is 5.17. The summed E-state index contributed by atoms with van der Waals surface area (Å²) >= 11 is 0. The van der Waals surface area contributed by atoms with Gasteiger partial charge in [0.25, 0.3) is 5.91 Å². The lowest BCUT2D eigenvalue weighted by Crippen LogP contribution is -2.52. The Hall–Kier alpha value is -2.77. The van der Waals surface area contributed by atoms with Crippen molar-refractivity contribution < 1.29 is 23.9 Å². The summed E-state index contributed by atoms with van der Waals surface area (Å²) < 4.78 is 10.7. The second kappa shape index (κ2) is 8.62. The number of primary amides is 2. The molecule has 0 bridgehead atoms. The van der Waals surface area contributed by atoms with E-state index >= 15 is 0 Å². The highest BCUT2D eigenvalue weighted by Gasteiger charge is 2.24. The lowest BCUT2D eigenvalue weighted by Gasteiger charge is -2.14. The molecule has 0 fully saturated rings. The minimum atomic E-state index is -1.58. The maximum Gasteiger partial charge on any atom is 0.252 e. The number of nitrogens with two attached hydrogens (primary N) is 2. The smallest absolute Gasteiger partial charge is 0.252 e. The Kier molecular flexibility index (Phi) is 6.85. The van der Waals surface area contributed by atoms with Crippen LogP contribution < -0.4 is 26.3 Å². The summed E-state index contributed by atoms with van der Waals surface area (Å²) in [6, 6.07) is 2.93. The van der Waals surface area contributed by atoms with Crippen molar-refractivity contribution in [3.63, 3.8) is 0 Å². The van der Waals surface area contributed by atoms with Crippen molar-refractivity contribution in [1.82, 2.24) is 5.32 Å². The van der Waals surface area contributed by atoms with Gasteiger partial charge in [0, 0.05) is 5.56 Å². The van der Waals surface area contributed by atoms with Crippen LogP contribution in [0.1, 0.15) is 30.1 Å². The number of benzene rings is 1. The summed E-state index contributed by atoms with van der Waals surface area (Å²) in [5.41, 5.74) is 10.2. The van der Waals surface area contributed by atoms with Gasteiger partial charge in [0.05, 0.1) is 13.7 Å². The fourth-order valence-corrected chi connectivity index (χ4v) is 1.75. The topological polar surface area (TPSA) is 134 Å². The summed E-state index contributed by atoms with van der Waals surface area (Å²) in [5.74, 6) is -1.87. The van der Waals surface area contributed by atoms with E-state index in [9.17, 15) is 14.4 Å². The molecule has 0 aliphatic carbocycles. The highest BCUT2D eigenvalue weighted by Crippen LogP contribution is 2.28. The van der Waals surface area contributed by atoms with Gasteiger partial charge in [-0.15, -0.1) is 0 Å². The molecule has 0 unspecified atom stereocenters. The monoisotopic (exact) mass is 323 g/mol. The van der Waals surface area contributed by atoms with E-state index in [4.69, 9.17) is 20.9 Å². The lowest BCUT2D eigenvalue weighted by atomic mass is 10.1. The number of hydrogen-bond donors (Lipinski definition) is 3. The van der Waals surface area contributed by atoms with Crippen molar-refractivity contribution >= 4 is 17.7 Å². The molecule has 3 amide bonds. The van der Waals surface area contributed by atoms with Crippen LogP contribution in [0.15, 0.2) is 18.2 Å². The number of unbranched alkanes of at least 4 members (excludes halogenated alkanes) is 1. The van der Waals surface area contributed by atoms with Crippen molar-refractivity contribution in [2.24, 2.45) is 11.5 Å². The summed E-state index contributed by atoms with van der Waals surface area (Å²) in [6.07, 6.45) is 1.88. The Labute approximate surface area is 134 Å². The van der Waals surface area contributed by atoms with E-state index in [-0.39, 0.29) is 5.56 Å². The van der Waals surface area contributed by atoms with E-state index in [2.05, 4.69) is 5.32 Å². The molecule has 0 heterocycles. The van der Waals surface area contributed by atoms with Gasteiger partial charge >= 0.3 is 0 Å². The molecule has 0 saturated carbocycles. The maximum absolute atomic E-state index is 12.1. The fourth-order valence-electron chi connectivity index (χ4n) is 1.75. The van der Waals surface area contributed by atoms with E-state index in [1.807, 2.05) is 6.92 Å². The van der Waals surface area contributed by atoms with Gasteiger partial charge in [0.15, 0.2) is 17.5 Å². The minimum Gasteiger partial charge on any atom is -0.493 e. The van der Waals surface area contributed by atoms with Crippen molar-refractivity contribution in [1.29, 1.82) is 0 Å². The average molecular weight is 323 g/mol. The summed E-state index contributed by atoms with van der Waals surface area (Å²) in [4.78, 5) is 34.3. The predicted molar refractivity (Wildman–Crippen MR) is 83.0 cm³/mol. The Balaban J connectivity index is 2.89. The normalized spacial score (nSPS) is 10.2. The minimum absolute atomic E-state index is 0.178. The molecule has 0 aliphatic rings. The summed E-state index contributed by atoms with van der Waals surface area (Å²) in [7, 11) is 1.44. The van der Waals surface area contributed by atoms with E-state index in [0.29, 0.717) is 18.1 Å². The first-order valence-corrected chi connectivity index (χ1v) is 7.11. The summed E-state index contributed by atoms with van der Waals surface area (Å²) in [6.45, 7) is 2.58. The molecule has 0 aliphatic heterocycles. The molecule has 1 aromatic carbocycles. The molecule has 0 aromatic heterocycles. The molecule has 1 rings (SSSR count). The molecule has 8 heteroatoms. The molecule has 5 N–H and O–H groups in total. The van der Waals surface area contributed by atoms with Gasteiger partial charge in [-0.25, -0.2) is 0 Å². The average Bonchev–Trinajstić information content (AvgIpc) is 2.52. The highest BCUT2D eigenvalue weighted by molar-refractivity contribution is 6.08.